The minimum atomic E-state index is -3.88. The van der Waals surface area contributed by atoms with E-state index in [0.29, 0.717) is 13.0 Å². The Morgan fingerprint density at radius 1 is 1.23 bits per heavy atom. The van der Waals surface area contributed by atoms with Gasteiger partial charge in [-0.1, -0.05) is 17.7 Å². The van der Waals surface area contributed by atoms with E-state index in [1.54, 1.807) is 36.1 Å². The lowest BCUT2D eigenvalue weighted by molar-refractivity contribution is -0.244. The van der Waals surface area contributed by atoms with E-state index >= 15 is 0 Å². The van der Waals surface area contributed by atoms with E-state index in [1.807, 2.05) is 6.92 Å². The molecule has 1 amide bonds. The van der Waals surface area contributed by atoms with Crippen molar-refractivity contribution in [1.29, 1.82) is 0 Å². The molecule has 5 aliphatic rings. The summed E-state index contributed by atoms with van der Waals surface area (Å²) < 4.78 is 42.0. The van der Waals surface area contributed by atoms with Crippen LogP contribution in [0.1, 0.15) is 31.7 Å². The minimum Gasteiger partial charge on any atom is -0.450 e. The minimum absolute atomic E-state index is 0.0728. The fourth-order valence-corrected chi connectivity index (χ4v) is 5.42. The molecule has 6 rings (SSSR count). The molecule has 5 aliphatic heterocycles. The summed E-state index contributed by atoms with van der Waals surface area (Å²) in [6, 6.07) is 6.17. The van der Waals surface area contributed by atoms with E-state index in [1.165, 1.54) is 0 Å². The Hall–Kier alpha value is -1.64. The van der Waals surface area contributed by atoms with Gasteiger partial charge in [-0.2, -0.15) is 8.42 Å². The van der Waals surface area contributed by atoms with Gasteiger partial charge in [-0.3, -0.25) is 9.08 Å². The Labute approximate surface area is 153 Å². The number of rotatable bonds is 4. The number of carbonyl (C=O) groups excluding carboxylic acids is 1. The number of hydrogen-bond donors (Lipinski definition) is 0. The average Bonchev–Trinajstić information content (AvgIpc) is 2.62. The molecule has 142 valence electrons. The van der Waals surface area contributed by atoms with Crippen LogP contribution in [-0.4, -0.2) is 56.4 Å². The van der Waals surface area contributed by atoms with Gasteiger partial charge in [-0.15, -0.1) is 0 Å². The molecule has 0 saturated carbocycles. The van der Waals surface area contributed by atoms with Crippen molar-refractivity contribution in [2.45, 2.75) is 68.4 Å². The number of fused-ring (bicyclic) bond motifs is 2. The molecule has 5 fully saturated rings. The monoisotopic (exact) mass is 381 g/mol. The van der Waals surface area contributed by atoms with E-state index in [2.05, 4.69) is 0 Å². The zero-order valence-corrected chi connectivity index (χ0v) is 15.6. The molecule has 5 saturated heterocycles. The van der Waals surface area contributed by atoms with Crippen LogP contribution in [0.15, 0.2) is 29.2 Å². The fourth-order valence-electron chi connectivity index (χ4n) is 4.32. The lowest BCUT2D eigenvalue weighted by atomic mass is 9.76. The first kappa shape index (κ1) is 17.8. The Bertz CT molecular complexity index is 790. The standard InChI is InChI=1S/C18H23NO6S/c1-3-23-18(20)19-13-8-9-15-14(19)10-16(17(13)24-15)25-26(21,22)12-6-4-11(2)5-7-12/h4-7,13-17H,3,8-10H2,1-2H3. The highest BCUT2D eigenvalue weighted by Crippen LogP contribution is 2.45. The molecule has 5 heterocycles. The van der Waals surface area contributed by atoms with Crippen molar-refractivity contribution < 1.29 is 26.9 Å². The predicted molar refractivity (Wildman–Crippen MR) is 92.2 cm³/mol. The summed E-state index contributed by atoms with van der Waals surface area (Å²) in [7, 11) is -3.88. The SMILES string of the molecule is CCOC(=O)N1C2CC(OS(=O)(=O)c3ccc(C)cc3)C3OC2CCC31. The van der Waals surface area contributed by atoms with Gasteiger partial charge in [0.1, 0.15) is 12.2 Å². The maximum Gasteiger partial charge on any atom is 0.410 e. The summed E-state index contributed by atoms with van der Waals surface area (Å²) in [6.07, 6.45) is 0.642. The van der Waals surface area contributed by atoms with Crippen LogP contribution in [0.5, 0.6) is 0 Å². The molecule has 4 bridgehead atoms. The van der Waals surface area contributed by atoms with Crippen LogP contribution in [-0.2, 0) is 23.8 Å². The van der Waals surface area contributed by atoms with Crippen LogP contribution >= 0.6 is 0 Å². The Morgan fingerprint density at radius 2 is 1.96 bits per heavy atom. The Kier molecular flexibility index (Phi) is 4.45. The molecular weight excluding hydrogens is 358 g/mol. The largest absolute Gasteiger partial charge is 0.450 e. The normalized spacial score (nSPS) is 32.7. The summed E-state index contributed by atoms with van der Waals surface area (Å²) in [6.45, 7) is 3.98. The number of hydrogen-bond acceptors (Lipinski definition) is 6. The van der Waals surface area contributed by atoms with Crippen LogP contribution < -0.4 is 0 Å². The highest BCUT2D eigenvalue weighted by Gasteiger charge is 2.59. The highest BCUT2D eigenvalue weighted by molar-refractivity contribution is 7.86. The number of morpholine rings is 1. The average molecular weight is 381 g/mol. The van der Waals surface area contributed by atoms with Gasteiger partial charge in [-0.25, -0.2) is 4.79 Å². The van der Waals surface area contributed by atoms with Gasteiger partial charge in [0, 0.05) is 6.42 Å². The molecule has 1 aromatic rings. The van der Waals surface area contributed by atoms with Crippen LogP contribution in [0.4, 0.5) is 4.79 Å². The Balaban J connectivity index is 1.54. The fraction of sp³-hybridized carbons (Fsp3) is 0.611. The molecule has 1 aromatic carbocycles. The number of carbonyl (C=O) groups is 1. The van der Waals surface area contributed by atoms with Gasteiger partial charge in [0.15, 0.2) is 0 Å². The van der Waals surface area contributed by atoms with Crippen molar-refractivity contribution in [2.24, 2.45) is 0 Å². The second kappa shape index (κ2) is 6.51. The zero-order valence-electron chi connectivity index (χ0n) is 14.8. The molecule has 5 atom stereocenters. The smallest absolute Gasteiger partial charge is 0.410 e. The third-order valence-corrected chi connectivity index (χ3v) is 6.83. The summed E-state index contributed by atoms with van der Waals surface area (Å²) in [5.74, 6) is 0. The molecule has 26 heavy (non-hydrogen) atoms. The second-order valence-corrected chi connectivity index (χ2v) is 8.67. The lowest BCUT2D eigenvalue weighted by Crippen LogP contribution is -2.74. The predicted octanol–water partition coefficient (Wildman–Crippen LogP) is 2.23. The number of amides is 1. The van der Waals surface area contributed by atoms with Crippen molar-refractivity contribution in [3.63, 3.8) is 0 Å². The molecule has 5 unspecified atom stereocenters. The van der Waals surface area contributed by atoms with Crippen molar-refractivity contribution >= 4 is 16.2 Å². The Morgan fingerprint density at radius 3 is 2.62 bits per heavy atom. The molecule has 0 spiro atoms. The van der Waals surface area contributed by atoms with Crippen molar-refractivity contribution in [3.05, 3.63) is 29.8 Å². The highest BCUT2D eigenvalue weighted by atomic mass is 32.2. The van der Waals surface area contributed by atoms with Gasteiger partial charge in [0.2, 0.25) is 0 Å². The van der Waals surface area contributed by atoms with Gasteiger partial charge < -0.3 is 9.47 Å². The number of aryl methyl sites for hydroxylation is 1. The molecule has 0 aliphatic carbocycles. The summed E-state index contributed by atoms with van der Waals surface area (Å²) in [4.78, 5) is 14.2. The third-order valence-electron chi connectivity index (χ3n) is 5.48. The van der Waals surface area contributed by atoms with Crippen molar-refractivity contribution in [2.75, 3.05) is 6.61 Å². The molecule has 0 aromatic heterocycles. The molecule has 8 heteroatoms. The summed E-state index contributed by atoms with van der Waals surface area (Å²) in [5, 5.41) is 0. The quantitative estimate of drug-likeness (QED) is 0.744. The molecule has 0 N–H and O–H groups in total. The van der Waals surface area contributed by atoms with E-state index in [0.717, 1.165) is 18.4 Å². The first-order valence-corrected chi connectivity index (χ1v) is 10.4. The van der Waals surface area contributed by atoms with Crippen LogP contribution in [0.25, 0.3) is 0 Å². The van der Waals surface area contributed by atoms with Crippen molar-refractivity contribution in [3.8, 4) is 0 Å². The van der Waals surface area contributed by atoms with Gasteiger partial charge >= 0.3 is 6.09 Å². The zero-order chi connectivity index (χ0) is 18.5. The first-order chi connectivity index (χ1) is 12.4. The first-order valence-electron chi connectivity index (χ1n) is 9.01. The van der Waals surface area contributed by atoms with Crippen LogP contribution in [0.3, 0.4) is 0 Å². The third kappa shape index (κ3) is 2.90. The van der Waals surface area contributed by atoms with E-state index in [4.69, 9.17) is 13.7 Å². The second-order valence-electron chi connectivity index (χ2n) is 7.09. The van der Waals surface area contributed by atoms with Gasteiger partial charge in [-0.05, 0) is 38.8 Å². The maximum atomic E-state index is 12.6. The van der Waals surface area contributed by atoms with E-state index in [9.17, 15) is 13.2 Å². The van der Waals surface area contributed by atoms with Crippen molar-refractivity contribution in [1.82, 2.24) is 4.90 Å². The van der Waals surface area contributed by atoms with E-state index < -0.39 is 22.3 Å². The van der Waals surface area contributed by atoms with Gasteiger partial charge in [0.25, 0.3) is 10.1 Å². The molecular formula is C18H23NO6S. The van der Waals surface area contributed by atoms with Gasteiger partial charge in [0.05, 0.1) is 29.7 Å². The molecule has 0 radical (unpaired) electrons. The summed E-state index contributed by atoms with van der Waals surface area (Å²) >= 11 is 0. The number of piperidine rings is 2. The maximum absolute atomic E-state index is 12.6. The lowest BCUT2D eigenvalue weighted by Gasteiger charge is -2.60. The summed E-state index contributed by atoms with van der Waals surface area (Å²) in [5.41, 5.74) is 0.978. The topological polar surface area (TPSA) is 82.1 Å². The number of nitrogens with zero attached hydrogens (tertiary/aromatic N) is 1. The van der Waals surface area contributed by atoms with E-state index in [-0.39, 0.29) is 29.2 Å². The number of ether oxygens (including phenoxy) is 2. The van der Waals surface area contributed by atoms with Crippen LogP contribution in [0.2, 0.25) is 0 Å². The molecule has 7 nitrogen and oxygen atoms in total. The number of benzene rings is 1. The van der Waals surface area contributed by atoms with Crippen LogP contribution in [0, 0.1) is 6.92 Å².